The zero-order valence-electron chi connectivity index (χ0n) is 15.2. The normalized spacial score (nSPS) is 24.5. The minimum atomic E-state index is -3.07. The van der Waals surface area contributed by atoms with Gasteiger partial charge < -0.3 is 4.90 Å². The van der Waals surface area contributed by atoms with Crippen LogP contribution in [0.5, 0.6) is 0 Å². The lowest BCUT2D eigenvalue weighted by molar-refractivity contribution is -0.117. The number of nitrogens with zero attached hydrogens (tertiary/aromatic N) is 2. The number of aryl methyl sites for hydroxylation is 1. The number of carbonyl (C=O) groups is 1. The van der Waals surface area contributed by atoms with Crippen molar-refractivity contribution in [2.75, 3.05) is 16.4 Å². The van der Waals surface area contributed by atoms with Crippen LogP contribution >= 0.6 is 34.4 Å². The molecular formula is C20H19IN2O3S2. The van der Waals surface area contributed by atoms with Crippen LogP contribution in [0.25, 0.3) is 0 Å². The van der Waals surface area contributed by atoms with Crippen molar-refractivity contribution >= 4 is 61.0 Å². The molecule has 2 heterocycles. The molecule has 8 heteroatoms. The van der Waals surface area contributed by atoms with Crippen molar-refractivity contribution < 1.29 is 13.2 Å². The zero-order chi connectivity index (χ0) is 19.9. The number of hydrogen-bond acceptors (Lipinski definition) is 4. The third kappa shape index (κ3) is 4.28. The molecule has 0 spiro atoms. The first-order valence-electron chi connectivity index (χ1n) is 8.90. The summed E-state index contributed by atoms with van der Waals surface area (Å²) in [6.45, 7) is 1.99. The zero-order valence-corrected chi connectivity index (χ0v) is 19.0. The largest absolute Gasteiger partial charge is 0.316 e. The fourth-order valence-corrected chi connectivity index (χ4v) is 8.09. The van der Waals surface area contributed by atoms with Crippen molar-refractivity contribution in [1.29, 1.82) is 0 Å². The van der Waals surface area contributed by atoms with Crippen LogP contribution in [0, 0.1) is 10.5 Å². The Labute approximate surface area is 182 Å². The van der Waals surface area contributed by atoms with Gasteiger partial charge in [-0.2, -0.15) is 4.99 Å². The third-order valence-electron chi connectivity index (χ3n) is 4.81. The molecule has 0 radical (unpaired) electrons. The number of anilines is 1. The van der Waals surface area contributed by atoms with Crippen LogP contribution in [0.3, 0.4) is 0 Å². The van der Waals surface area contributed by atoms with Crippen molar-refractivity contribution in [2.45, 2.75) is 24.6 Å². The van der Waals surface area contributed by atoms with Gasteiger partial charge in [0.05, 0.1) is 24.0 Å². The lowest BCUT2D eigenvalue weighted by Gasteiger charge is -2.24. The van der Waals surface area contributed by atoms with Crippen LogP contribution in [0.15, 0.2) is 53.5 Å². The summed E-state index contributed by atoms with van der Waals surface area (Å²) in [6.07, 6.45) is 0.236. The summed E-state index contributed by atoms with van der Waals surface area (Å²) in [7, 11) is -3.07. The summed E-state index contributed by atoms with van der Waals surface area (Å²) in [5.74, 6) is 0.0151. The summed E-state index contributed by atoms with van der Waals surface area (Å²) >= 11 is 3.64. The lowest BCUT2D eigenvalue weighted by Crippen LogP contribution is -2.37. The first-order chi connectivity index (χ1) is 13.3. The van der Waals surface area contributed by atoms with E-state index >= 15 is 0 Å². The smallest absolute Gasteiger partial charge is 0.252 e. The van der Waals surface area contributed by atoms with Crippen LogP contribution in [0.4, 0.5) is 5.69 Å². The lowest BCUT2D eigenvalue weighted by atomic mass is 10.1. The number of fused-ring (bicyclic) bond motifs is 1. The molecule has 2 aliphatic heterocycles. The predicted octanol–water partition coefficient (Wildman–Crippen LogP) is 3.44. The van der Waals surface area contributed by atoms with E-state index < -0.39 is 9.84 Å². The van der Waals surface area contributed by atoms with E-state index in [1.807, 2.05) is 60.4 Å². The van der Waals surface area contributed by atoms with Gasteiger partial charge in [0.1, 0.15) is 0 Å². The Morgan fingerprint density at radius 3 is 2.75 bits per heavy atom. The fourth-order valence-electron chi connectivity index (χ4n) is 3.64. The van der Waals surface area contributed by atoms with E-state index in [-0.39, 0.29) is 35.1 Å². The molecule has 0 bridgehead atoms. The molecule has 2 aromatic rings. The summed E-state index contributed by atoms with van der Waals surface area (Å²) < 4.78 is 25.3. The molecule has 5 nitrogen and oxygen atoms in total. The van der Waals surface area contributed by atoms with Crippen LogP contribution in [-0.2, 0) is 21.1 Å². The number of amides is 1. The highest BCUT2D eigenvalue weighted by atomic mass is 127. The minimum absolute atomic E-state index is 0.0895. The highest BCUT2D eigenvalue weighted by Gasteiger charge is 2.49. The van der Waals surface area contributed by atoms with Gasteiger partial charge in [0.2, 0.25) is 0 Å². The van der Waals surface area contributed by atoms with E-state index in [1.54, 1.807) is 0 Å². The molecule has 0 unspecified atom stereocenters. The average Bonchev–Trinajstić information content (AvgIpc) is 3.05. The minimum Gasteiger partial charge on any atom is -0.316 e. The second kappa shape index (κ2) is 7.79. The van der Waals surface area contributed by atoms with Crippen molar-refractivity contribution in [1.82, 2.24) is 0 Å². The molecule has 2 atom stereocenters. The summed E-state index contributed by atoms with van der Waals surface area (Å²) in [6, 6.07) is 15.5. The molecular weight excluding hydrogens is 507 g/mol. The van der Waals surface area contributed by atoms with Gasteiger partial charge in [-0.25, -0.2) is 8.42 Å². The van der Waals surface area contributed by atoms with Crippen LogP contribution in [0.1, 0.15) is 11.1 Å². The van der Waals surface area contributed by atoms with E-state index in [9.17, 15) is 13.2 Å². The number of aliphatic imine (C=N–C) groups is 1. The van der Waals surface area contributed by atoms with Gasteiger partial charge in [0, 0.05) is 14.5 Å². The molecule has 0 aliphatic carbocycles. The Hall–Kier alpha value is -1.39. The second-order valence-corrected chi connectivity index (χ2v) is 11.7. The Bertz CT molecular complexity index is 1070. The molecule has 1 amide bonds. The molecule has 0 N–H and O–H groups in total. The highest BCUT2D eigenvalue weighted by molar-refractivity contribution is 14.1. The van der Waals surface area contributed by atoms with Crippen molar-refractivity contribution in [3.8, 4) is 0 Å². The number of halogens is 1. The molecule has 4 rings (SSSR count). The Balaban J connectivity index is 1.65. The van der Waals surface area contributed by atoms with Gasteiger partial charge in [-0.3, -0.25) is 4.79 Å². The standard InChI is InChI=1S/C20H19IN2O3S2/c1-13-4-2-5-14(8-13)9-19(24)22-20-23(16-7-3-6-15(21)10-16)17-11-28(25,26)12-18(17)27-20/h2-8,10,17-18H,9,11-12H2,1H3/t17-,18-/m0/s1. The molecule has 2 aliphatic rings. The quantitative estimate of drug-likeness (QED) is 0.574. The first-order valence-corrected chi connectivity index (χ1v) is 12.7. The van der Waals surface area contributed by atoms with Crippen molar-refractivity contribution in [2.24, 2.45) is 4.99 Å². The molecule has 2 aromatic carbocycles. The third-order valence-corrected chi connectivity index (χ3v) is 8.69. The highest BCUT2D eigenvalue weighted by Crippen LogP contribution is 2.41. The maximum Gasteiger partial charge on any atom is 0.252 e. The van der Waals surface area contributed by atoms with Gasteiger partial charge in [0.25, 0.3) is 5.91 Å². The van der Waals surface area contributed by atoms with Crippen LogP contribution in [0.2, 0.25) is 0 Å². The van der Waals surface area contributed by atoms with Crippen molar-refractivity contribution in [3.63, 3.8) is 0 Å². The number of hydrogen-bond donors (Lipinski definition) is 0. The van der Waals surface area contributed by atoms with Crippen molar-refractivity contribution in [3.05, 3.63) is 63.2 Å². The average molecular weight is 526 g/mol. The summed E-state index contributed by atoms with van der Waals surface area (Å²) in [4.78, 5) is 19.0. The summed E-state index contributed by atoms with van der Waals surface area (Å²) in [5, 5.41) is 0.512. The molecule has 2 fully saturated rings. The molecule has 28 heavy (non-hydrogen) atoms. The van der Waals surface area contributed by atoms with E-state index in [0.717, 1.165) is 20.4 Å². The number of benzene rings is 2. The van der Waals surface area contributed by atoms with Crippen LogP contribution in [-0.4, -0.2) is 42.3 Å². The van der Waals surface area contributed by atoms with E-state index in [2.05, 4.69) is 27.6 Å². The Morgan fingerprint density at radius 1 is 1.21 bits per heavy atom. The van der Waals surface area contributed by atoms with Gasteiger partial charge in [-0.05, 0) is 53.3 Å². The number of rotatable bonds is 3. The molecule has 146 valence electrons. The van der Waals surface area contributed by atoms with Crippen LogP contribution < -0.4 is 4.90 Å². The first kappa shape index (κ1) is 19.9. The monoisotopic (exact) mass is 526 g/mol. The van der Waals surface area contributed by atoms with Gasteiger partial charge in [-0.15, -0.1) is 0 Å². The summed E-state index contributed by atoms with van der Waals surface area (Å²) in [5.41, 5.74) is 2.92. The Kier molecular flexibility index (Phi) is 5.54. The van der Waals surface area contributed by atoms with Gasteiger partial charge >= 0.3 is 0 Å². The Morgan fingerprint density at radius 2 is 2.00 bits per heavy atom. The predicted molar refractivity (Wildman–Crippen MR) is 123 cm³/mol. The van der Waals surface area contributed by atoms with E-state index in [1.165, 1.54) is 11.8 Å². The van der Waals surface area contributed by atoms with Gasteiger partial charge in [0.15, 0.2) is 15.0 Å². The number of amidine groups is 1. The number of thioether (sulfide) groups is 1. The van der Waals surface area contributed by atoms with E-state index in [4.69, 9.17) is 0 Å². The van der Waals surface area contributed by atoms with Gasteiger partial charge in [-0.1, -0.05) is 47.7 Å². The number of carbonyl (C=O) groups excluding carboxylic acids is 1. The molecule has 2 saturated heterocycles. The fraction of sp³-hybridized carbons (Fsp3) is 0.300. The maximum absolute atomic E-state index is 12.6. The number of sulfone groups is 1. The molecule has 0 saturated carbocycles. The maximum atomic E-state index is 12.6. The SMILES string of the molecule is Cc1cccc(CC(=O)N=C2S[C@H]3CS(=O)(=O)C[C@@H]3N2c2cccc(I)c2)c1. The topological polar surface area (TPSA) is 66.8 Å². The second-order valence-electron chi connectivity index (χ2n) is 7.10. The molecule has 0 aromatic heterocycles. The van der Waals surface area contributed by atoms with E-state index in [0.29, 0.717) is 5.17 Å².